The highest BCUT2D eigenvalue weighted by Gasteiger charge is 2.24. The fourth-order valence-corrected chi connectivity index (χ4v) is 3.65. The number of hydrogen-bond donors (Lipinski definition) is 2. The van der Waals surface area contributed by atoms with Crippen molar-refractivity contribution in [1.29, 1.82) is 0 Å². The van der Waals surface area contributed by atoms with Crippen LogP contribution in [0.5, 0.6) is 11.5 Å². The van der Waals surface area contributed by atoms with Crippen molar-refractivity contribution < 1.29 is 19.1 Å². The van der Waals surface area contributed by atoms with E-state index >= 15 is 0 Å². The van der Waals surface area contributed by atoms with Crippen LogP contribution in [0.25, 0.3) is 11.0 Å². The average molecular weight is 422 g/mol. The van der Waals surface area contributed by atoms with E-state index in [9.17, 15) is 9.59 Å². The normalized spacial score (nSPS) is 14.4. The van der Waals surface area contributed by atoms with E-state index in [4.69, 9.17) is 9.47 Å². The Kier molecular flexibility index (Phi) is 6.35. The largest absolute Gasteiger partial charge is 0.494 e. The lowest BCUT2D eigenvalue weighted by Gasteiger charge is -2.32. The topological polar surface area (TPSA) is 96.6 Å². The smallest absolute Gasteiger partial charge is 0.260 e. The van der Waals surface area contributed by atoms with E-state index in [0.717, 1.165) is 16.8 Å². The number of fused-ring (bicyclic) bond motifs is 1. The lowest BCUT2D eigenvalue weighted by Crippen LogP contribution is -2.47. The van der Waals surface area contributed by atoms with Crippen LogP contribution >= 0.6 is 0 Å². The van der Waals surface area contributed by atoms with Gasteiger partial charge in [-0.25, -0.2) is 4.98 Å². The number of amides is 2. The van der Waals surface area contributed by atoms with Gasteiger partial charge >= 0.3 is 0 Å². The summed E-state index contributed by atoms with van der Waals surface area (Å²) in [5.41, 5.74) is 2.26. The Morgan fingerprint density at radius 3 is 2.52 bits per heavy atom. The fraction of sp³-hybridized carbons (Fsp3) is 0.348. The van der Waals surface area contributed by atoms with Gasteiger partial charge in [0.1, 0.15) is 11.5 Å². The third kappa shape index (κ3) is 5.14. The van der Waals surface area contributed by atoms with Crippen LogP contribution in [0.15, 0.2) is 48.8 Å². The summed E-state index contributed by atoms with van der Waals surface area (Å²) in [6, 6.07) is 12.7. The van der Waals surface area contributed by atoms with Crippen LogP contribution in [0.4, 0.5) is 0 Å². The lowest BCUT2D eigenvalue weighted by molar-refractivity contribution is -0.134. The van der Waals surface area contributed by atoms with Crippen LogP contribution in [0.3, 0.4) is 0 Å². The predicted molar refractivity (Wildman–Crippen MR) is 116 cm³/mol. The molecule has 31 heavy (non-hydrogen) atoms. The minimum Gasteiger partial charge on any atom is -0.494 e. The molecule has 0 unspecified atom stereocenters. The Balaban J connectivity index is 1.22. The number of H-pyrrole nitrogens is 1. The van der Waals surface area contributed by atoms with Crippen LogP contribution in [0.2, 0.25) is 0 Å². The van der Waals surface area contributed by atoms with E-state index in [1.165, 1.54) is 0 Å². The van der Waals surface area contributed by atoms with Gasteiger partial charge in [-0.05, 0) is 62.2 Å². The van der Waals surface area contributed by atoms with Gasteiger partial charge in [-0.1, -0.05) is 0 Å². The third-order valence-electron chi connectivity index (χ3n) is 5.36. The molecule has 3 aromatic rings. The third-order valence-corrected chi connectivity index (χ3v) is 5.36. The number of carbonyl (C=O) groups is 2. The molecule has 2 amide bonds. The van der Waals surface area contributed by atoms with E-state index < -0.39 is 0 Å². The molecule has 1 fully saturated rings. The molecular formula is C23H26N4O4. The van der Waals surface area contributed by atoms with Gasteiger partial charge in [0.25, 0.3) is 11.8 Å². The molecule has 0 radical (unpaired) electrons. The molecule has 0 atom stereocenters. The van der Waals surface area contributed by atoms with Gasteiger partial charge in [-0.15, -0.1) is 0 Å². The molecule has 162 valence electrons. The molecule has 1 aliphatic heterocycles. The SMILES string of the molecule is CCOc1ccc(OCC(=O)N2CCC(NC(=O)c3ccc4nc[nH]c4c3)CC2)cc1. The molecule has 1 aliphatic rings. The van der Waals surface area contributed by atoms with Gasteiger partial charge < -0.3 is 24.7 Å². The predicted octanol–water partition coefficient (Wildman–Crippen LogP) is 2.76. The Hall–Kier alpha value is -3.55. The van der Waals surface area contributed by atoms with Crippen molar-refractivity contribution in [2.45, 2.75) is 25.8 Å². The van der Waals surface area contributed by atoms with Crippen molar-refractivity contribution in [1.82, 2.24) is 20.2 Å². The van der Waals surface area contributed by atoms with E-state index in [2.05, 4.69) is 15.3 Å². The van der Waals surface area contributed by atoms with Gasteiger partial charge in [0, 0.05) is 24.7 Å². The Bertz CT molecular complexity index is 1040. The molecule has 2 aromatic carbocycles. The monoisotopic (exact) mass is 422 g/mol. The van der Waals surface area contributed by atoms with Gasteiger partial charge in [0.05, 0.1) is 24.0 Å². The quantitative estimate of drug-likeness (QED) is 0.610. The maximum absolute atomic E-state index is 12.6. The highest BCUT2D eigenvalue weighted by Crippen LogP contribution is 2.18. The first-order valence-corrected chi connectivity index (χ1v) is 10.5. The van der Waals surface area contributed by atoms with Gasteiger partial charge in [0.2, 0.25) is 0 Å². The van der Waals surface area contributed by atoms with Crippen molar-refractivity contribution >= 4 is 22.8 Å². The first-order valence-electron chi connectivity index (χ1n) is 10.5. The van der Waals surface area contributed by atoms with Crippen LogP contribution in [0.1, 0.15) is 30.1 Å². The lowest BCUT2D eigenvalue weighted by atomic mass is 10.0. The Labute approximate surface area is 180 Å². The molecule has 8 nitrogen and oxygen atoms in total. The average Bonchev–Trinajstić information content (AvgIpc) is 3.27. The summed E-state index contributed by atoms with van der Waals surface area (Å²) >= 11 is 0. The molecule has 2 N–H and O–H groups in total. The molecule has 0 bridgehead atoms. The van der Waals surface area contributed by atoms with Gasteiger partial charge in [-0.3, -0.25) is 9.59 Å². The zero-order chi connectivity index (χ0) is 21.6. The standard InChI is InChI=1S/C23H26N4O4/c1-2-30-18-4-6-19(7-5-18)31-14-22(28)27-11-9-17(10-12-27)26-23(29)16-3-8-20-21(13-16)25-15-24-20/h3-8,13,15,17H,2,9-12,14H2,1H3,(H,24,25)(H,26,29). The number of nitrogens with zero attached hydrogens (tertiary/aromatic N) is 2. The summed E-state index contributed by atoms with van der Waals surface area (Å²) in [7, 11) is 0. The van der Waals surface area contributed by atoms with E-state index in [0.29, 0.717) is 43.9 Å². The zero-order valence-corrected chi connectivity index (χ0v) is 17.5. The van der Waals surface area contributed by atoms with Crippen LogP contribution in [-0.2, 0) is 4.79 Å². The van der Waals surface area contributed by atoms with Crippen LogP contribution in [-0.4, -0.2) is 59.0 Å². The summed E-state index contributed by atoms with van der Waals surface area (Å²) in [4.78, 5) is 34.0. The maximum atomic E-state index is 12.6. The molecule has 4 rings (SSSR count). The van der Waals surface area contributed by atoms with E-state index in [1.807, 2.05) is 25.1 Å². The van der Waals surface area contributed by atoms with Crippen molar-refractivity contribution in [3.8, 4) is 11.5 Å². The summed E-state index contributed by atoms with van der Waals surface area (Å²) in [6.45, 7) is 3.72. The number of hydrogen-bond acceptors (Lipinski definition) is 5. The van der Waals surface area contributed by atoms with E-state index in [-0.39, 0.29) is 24.5 Å². The van der Waals surface area contributed by atoms with Crippen molar-refractivity contribution in [2.75, 3.05) is 26.3 Å². The molecule has 0 saturated carbocycles. The second-order valence-corrected chi connectivity index (χ2v) is 7.46. The second kappa shape index (κ2) is 9.51. The molecule has 0 aliphatic carbocycles. The van der Waals surface area contributed by atoms with Crippen LogP contribution < -0.4 is 14.8 Å². The summed E-state index contributed by atoms with van der Waals surface area (Å²) < 4.78 is 11.0. The number of aromatic amines is 1. The summed E-state index contributed by atoms with van der Waals surface area (Å²) in [6.07, 6.45) is 3.04. The first kappa shape index (κ1) is 20.7. The second-order valence-electron chi connectivity index (χ2n) is 7.46. The van der Waals surface area contributed by atoms with E-state index in [1.54, 1.807) is 35.5 Å². The summed E-state index contributed by atoms with van der Waals surface area (Å²) in [5.74, 6) is 1.24. The number of piperidine rings is 1. The Morgan fingerprint density at radius 2 is 1.81 bits per heavy atom. The molecular weight excluding hydrogens is 396 g/mol. The zero-order valence-electron chi connectivity index (χ0n) is 17.5. The van der Waals surface area contributed by atoms with Gasteiger partial charge in [-0.2, -0.15) is 0 Å². The molecule has 8 heteroatoms. The van der Waals surface area contributed by atoms with Crippen molar-refractivity contribution in [3.63, 3.8) is 0 Å². The molecule has 1 saturated heterocycles. The van der Waals surface area contributed by atoms with Crippen molar-refractivity contribution in [3.05, 3.63) is 54.4 Å². The van der Waals surface area contributed by atoms with Gasteiger partial charge in [0.15, 0.2) is 6.61 Å². The minimum absolute atomic E-state index is 0.00476. The fourth-order valence-electron chi connectivity index (χ4n) is 3.65. The molecule has 0 spiro atoms. The van der Waals surface area contributed by atoms with Crippen LogP contribution in [0, 0.1) is 0 Å². The first-order chi connectivity index (χ1) is 15.1. The number of ether oxygens (including phenoxy) is 2. The maximum Gasteiger partial charge on any atom is 0.260 e. The highest BCUT2D eigenvalue weighted by molar-refractivity contribution is 5.97. The number of carbonyl (C=O) groups excluding carboxylic acids is 2. The summed E-state index contributed by atoms with van der Waals surface area (Å²) in [5, 5.41) is 3.07. The number of imidazole rings is 1. The Morgan fingerprint density at radius 1 is 1.10 bits per heavy atom. The number of rotatable bonds is 7. The number of aromatic nitrogens is 2. The minimum atomic E-state index is -0.111. The number of likely N-dealkylation sites (tertiary alicyclic amines) is 1. The number of benzene rings is 2. The highest BCUT2D eigenvalue weighted by atomic mass is 16.5. The van der Waals surface area contributed by atoms with Crippen molar-refractivity contribution in [2.24, 2.45) is 0 Å². The molecule has 2 heterocycles. The number of nitrogens with one attached hydrogen (secondary N) is 2. The molecule has 1 aromatic heterocycles.